The van der Waals surface area contributed by atoms with Crippen molar-refractivity contribution in [3.63, 3.8) is 0 Å². The van der Waals surface area contributed by atoms with Gasteiger partial charge in [-0.1, -0.05) is 12.5 Å². The minimum absolute atomic E-state index is 0.293. The molecular formula is C14H20O3. The summed E-state index contributed by atoms with van der Waals surface area (Å²) in [5, 5.41) is 8.72. The summed E-state index contributed by atoms with van der Waals surface area (Å²) < 4.78 is 11.2. The summed E-state index contributed by atoms with van der Waals surface area (Å²) >= 11 is 0. The molecule has 0 fully saturated rings. The average Bonchev–Trinajstić information content (AvgIpc) is 2.59. The van der Waals surface area contributed by atoms with Crippen LogP contribution in [0.5, 0.6) is 11.5 Å². The van der Waals surface area contributed by atoms with Crippen molar-refractivity contribution in [2.45, 2.75) is 32.1 Å². The summed E-state index contributed by atoms with van der Waals surface area (Å²) in [7, 11) is 0. The number of aryl methyl sites for hydroxylation is 1. The summed E-state index contributed by atoms with van der Waals surface area (Å²) in [5.41, 5.74) is 1.28. The van der Waals surface area contributed by atoms with E-state index in [0.29, 0.717) is 6.61 Å². The molecule has 0 atom stereocenters. The monoisotopic (exact) mass is 236 g/mol. The van der Waals surface area contributed by atoms with Crippen molar-refractivity contribution in [2.24, 2.45) is 0 Å². The highest BCUT2D eigenvalue weighted by atomic mass is 16.5. The van der Waals surface area contributed by atoms with E-state index in [1.165, 1.54) is 5.56 Å². The highest BCUT2D eigenvalue weighted by Crippen LogP contribution is 2.30. The first-order chi connectivity index (χ1) is 8.40. The maximum atomic E-state index is 8.72. The third kappa shape index (κ3) is 3.63. The smallest absolute Gasteiger partial charge is 0.161 e. The maximum absolute atomic E-state index is 8.72. The van der Waals surface area contributed by atoms with Gasteiger partial charge in [-0.25, -0.2) is 0 Å². The number of rotatable bonds is 5. The van der Waals surface area contributed by atoms with Crippen molar-refractivity contribution in [1.82, 2.24) is 0 Å². The number of unbranched alkanes of at least 4 members (excludes halogenated alkanes) is 2. The van der Waals surface area contributed by atoms with Gasteiger partial charge in [0.05, 0.1) is 13.2 Å². The van der Waals surface area contributed by atoms with Crippen molar-refractivity contribution in [3.05, 3.63) is 23.8 Å². The molecule has 1 aromatic rings. The minimum Gasteiger partial charge on any atom is -0.490 e. The molecule has 1 heterocycles. The fourth-order valence-corrected chi connectivity index (χ4v) is 1.98. The second-order valence-electron chi connectivity index (χ2n) is 4.37. The first-order valence-electron chi connectivity index (χ1n) is 6.39. The molecule has 1 aliphatic rings. The molecular weight excluding hydrogens is 216 g/mol. The molecule has 0 saturated heterocycles. The molecule has 1 N–H and O–H groups in total. The van der Waals surface area contributed by atoms with Crippen molar-refractivity contribution in [3.8, 4) is 11.5 Å². The van der Waals surface area contributed by atoms with Gasteiger partial charge in [0, 0.05) is 13.0 Å². The van der Waals surface area contributed by atoms with Gasteiger partial charge >= 0.3 is 0 Å². The van der Waals surface area contributed by atoms with E-state index >= 15 is 0 Å². The van der Waals surface area contributed by atoms with E-state index in [1.54, 1.807) is 0 Å². The molecule has 2 rings (SSSR count). The Morgan fingerprint density at radius 2 is 1.82 bits per heavy atom. The molecule has 0 unspecified atom stereocenters. The fraction of sp³-hybridized carbons (Fsp3) is 0.571. The third-order valence-electron chi connectivity index (χ3n) is 2.94. The number of fused-ring (bicyclic) bond motifs is 1. The third-order valence-corrected chi connectivity index (χ3v) is 2.94. The predicted octanol–water partition coefficient (Wildman–Crippen LogP) is 2.55. The van der Waals surface area contributed by atoms with E-state index in [4.69, 9.17) is 14.6 Å². The number of hydrogen-bond donors (Lipinski definition) is 1. The Morgan fingerprint density at radius 1 is 1.00 bits per heavy atom. The zero-order valence-electron chi connectivity index (χ0n) is 10.2. The second kappa shape index (κ2) is 6.50. The molecule has 0 aromatic heterocycles. The number of aliphatic hydroxyl groups is 1. The zero-order chi connectivity index (χ0) is 11.9. The Morgan fingerprint density at radius 3 is 2.65 bits per heavy atom. The van der Waals surface area contributed by atoms with Gasteiger partial charge in [0.2, 0.25) is 0 Å². The van der Waals surface area contributed by atoms with Crippen LogP contribution in [0, 0.1) is 0 Å². The zero-order valence-corrected chi connectivity index (χ0v) is 10.2. The fourth-order valence-electron chi connectivity index (χ4n) is 1.98. The SMILES string of the molecule is OCCCCCc1ccc2c(c1)OCCCO2. The second-order valence-corrected chi connectivity index (χ2v) is 4.37. The number of hydrogen-bond acceptors (Lipinski definition) is 3. The molecule has 0 saturated carbocycles. The first-order valence-corrected chi connectivity index (χ1v) is 6.39. The Balaban J connectivity index is 1.93. The van der Waals surface area contributed by atoms with Crippen molar-refractivity contribution in [1.29, 1.82) is 0 Å². The maximum Gasteiger partial charge on any atom is 0.161 e. The number of aliphatic hydroxyl groups excluding tert-OH is 1. The lowest BCUT2D eigenvalue weighted by Crippen LogP contribution is -1.97. The van der Waals surface area contributed by atoms with Gasteiger partial charge in [0.15, 0.2) is 11.5 Å². The first kappa shape index (κ1) is 12.2. The van der Waals surface area contributed by atoms with E-state index in [9.17, 15) is 0 Å². The van der Waals surface area contributed by atoms with Crippen LogP contribution in [-0.4, -0.2) is 24.9 Å². The summed E-state index contributed by atoms with van der Waals surface area (Å²) in [5.74, 6) is 1.74. The lowest BCUT2D eigenvalue weighted by molar-refractivity contribution is 0.283. The summed E-state index contributed by atoms with van der Waals surface area (Å²) in [6.45, 7) is 1.77. The molecule has 94 valence electrons. The van der Waals surface area contributed by atoms with Gasteiger partial charge in [-0.05, 0) is 37.0 Å². The van der Waals surface area contributed by atoms with Crippen LogP contribution in [0.4, 0.5) is 0 Å². The number of benzene rings is 1. The Kier molecular flexibility index (Phi) is 4.68. The highest BCUT2D eigenvalue weighted by molar-refractivity contribution is 5.43. The van der Waals surface area contributed by atoms with Gasteiger partial charge in [-0.2, -0.15) is 0 Å². The van der Waals surface area contributed by atoms with E-state index in [1.807, 2.05) is 6.07 Å². The van der Waals surface area contributed by atoms with Crippen molar-refractivity contribution < 1.29 is 14.6 Å². The Hall–Kier alpha value is -1.22. The Labute approximate surface area is 102 Å². The van der Waals surface area contributed by atoms with Crippen molar-refractivity contribution in [2.75, 3.05) is 19.8 Å². The molecule has 17 heavy (non-hydrogen) atoms. The molecule has 0 spiro atoms. The molecule has 1 aliphatic heterocycles. The molecule has 0 aliphatic carbocycles. The van der Waals surface area contributed by atoms with Gasteiger partial charge < -0.3 is 14.6 Å². The van der Waals surface area contributed by atoms with Crippen LogP contribution in [0.1, 0.15) is 31.2 Å². The van der Waals surface area contributed by atoms with Crippen LogP contribution >= 0.6 is 0 Å². The highest BCUT2D eigenvalue weighted by Gasteiger charge is 2.10. The summed E-state index contributed by atoms with van der Waals surface area (Å²) in [6, 6.07) is 6.19. The van der Waals surface area contributed by atoms with Crippen LogP contribution in [0.15, 0.2) is 18.2 Å². The van der Waals surface area contributed by atoms with Gasteiger partial charge in [0.25, 0.3) is 0 Å². The van der Waals surface area contributed by atoms with Crippen LogP contribution in [0.3, 0.4) is 0 Å². The van der Waals surface area contributed by atoms with Crippen LogP contribution in [-0.2, 0) is 6.42 Å². The molecule has 1 aromatic carbocycles. The molecule has 0 amide bonds. The van der Waals surface area contributed by atoms with Crippen LogP contribution in [0.25, 0.3) is 0 Å². The predicted molar refractivity (Wildman–Crippen MR) is 66.7 cm³/mol. The van der Waals surface area contributed by atoms with E-state index in [-0.39, 0.29) is 0 Å². The summed E-state index contributed by atoms with van der Waals surface area (Å²) in [4.78, 5) is 0. The summed E-state index contributed by atoms with van der Waals surface area (Å²) in [6.07, 6.45) is 5.06. The van der Waals surface area contributed by atoms with Crippen LogP contribution < -0.4 is 9.47 Å². The van der Waals surface area contributed by atoms with E-state index in [0.717, 1.165) is 56.8 Å². The Bertz CT molecular complexity index is 349. The lowest BCUT2D eigenvalue weighted by Gasteiger charge is -2.09. The van der Waals surface area contributed by atoms with E-state index in [2.05, 4.69) is 12.1 Å². The van der Waals surface area contributed by atoms with Gasteiger partial charge in [-0.15, -0.1) is 0 Å². The van der Waals surface area contributed by atoms with Gasteiger partial charge in [0.1, 0.15) is 0 Å². The largest absolute Gasteiger partial charge is 0.490 e. The molecule has 3 heteroatoms. The number of ether oxygens (including phenoxy) is 2. The quantitative estimate of drug-likeness (QED) is 0.798. The molecule has 0 bridgehead atoms. The average molecular weight is 236 g/mol. The standard InChI is InChI=1S/C14H20O3/c15-8-3-1-2-5-12-6-7-13-14(11-12)17-10-4-9-16-13/h6-7,11,15H,1-5,8-10H2. The molecule has 3 nitrogen and oxygen atoms in total. The lowest BCUT2D eigenvalue weighted by atomic mass is 10.1. The molecule has 0 radical (unpaired) electrons. The van der Waals surface area contributed by atoms with Crippen molar-refractivity contribution >= 4 is 0 Å². The van der Waals surface area contributed by atoms with Crippen LogP contribution in [0.2, 0.25) is 0 Å². The normalized spacial score (nSPS) is 14.4. The minimum atomic E-state index is 0.293. The topological polar surface area (TPSA) is 38.7 Å². The van der Waals surface area contributed by atoms with E-state index < -0.39 is 0 Å². The van der Waals surface area contributed by atoms with Gasteiger partial charge in [-0.3, -0.25) is 0 Å².